The second kappa shape index (κ2) is 5.35. The molecule has 4 atom stereocenters. The van der Waals surface area contributed by atoms with Crippen molar-refractivity contribution in [3.05, 3.63) is 34.6 Å². The van der Waals surface area contributed by atoms with Crippen molar-refractivity contribution in [2.75, 3.05) is 0 Å². The molecule has 2 saturated heterocycles. The molecule has 0 unspecified atom stereocenters. The molecule has 2 fully saturated rings. The molecule has 122 valence electrons. The summed E-state index contributed by atoms with van der Waals surface area (Å²) in [6.07, 6.45) is -2.92. The van der Waals surface area contributed by atoms with Crippen LogP contribution in [0.3, 0.4) is 0 Å². The Labute approximate surface area is 140 Å². The summed E-state index contributed by atoms with van der Waals surface area (Å²) < 4.78 is 23.5. The number of fused-ring (bicyclic) bond motifs is 1. The molecule has 2 aromatic rings. The highest BCUT2D eigenvalue weighted by molar-refractivity contribution is 9.10. The van der Waals surface area contributed by atoms with Crippen molar-refractivity contribution in [3.63, 3.8) is 0 Å². The molecule has 4 rings (SSSR count). The number of hydrogen-bond donors (Lipinski definition) is 1. The predicted molar refractivity (Wildman–Crippen MR) is 81.1 cm³/mol. The lowest BCUT2D eigenvalue weighted by atomic mass is 10.1. The first-order chi connectivity index (χ1) is 10.9. The van der Waals surface area contributed by atoms with Gasteiger partial charge in [0.25, 0.3) is 0 Å². The fourth-order valence-electron chi connectivity index (χ4n) is 2.78. The Morgan fingerprint density at radius 2 is 2.04 bits per heavy atom. The number of ether oxygens (including phenoxy) is 3. The van der Waals surface area contributed by atoms with E-state index in [1.807, 2.05) is 24.3 Å². The zero-order chi connectivity index (χ0) is 16.2. The van der Waals surface area contributed by atoms with Gasteiger partial charge in [-0.2, -0.15) is 0 Å². The molecule has 0 spiro atoms. The molecular weight excluding hydrogens is 368 g/mol. The second-order valence-corrected chi connectivity index (χ2v) is 6.89. The Kier molecular flexibility index (Phi) is 3.54. The van der Waals surface area contributed by atoms with Crippen LogP contribution in [0.2, 0.25) is 0 Å². The first-order valence-electron chi connectivity index (χ1n) is 7.21. The minimum Gasteiger partial charge on any atom is -0.418 e. The van der Waals surface area contributed by atoms with Gasteiger partial charge in [0.15, 0.2) is 18.2 Å². The molecule has 7 nitrogen and oxygen atoms in total. The third-order valence-electron chi connectivity index (χ3n) is 3.77. The maximum absolute atomic E-state index is 10.4. The lowest BCUT2D eigenvalue weighted by molar-refractivity contribution is -0.218. The number of halogens is 1. The van der Waals surface area contributed by atoms with Crippen molar-refractivity contribution in [1.82, 2.24) is 10.2 Å². The topological polar surface area (TPSA) is 86.8 Å². The molecule has 0 bridgehead atoms. The third-order valence-corrected chi connectivity index (χ3v) is 4.26. The van der Waals surface area contributed by atoms with Gasteiger partial charge < -0.3 is 23.7 Å². The minimum atomic E-state index is -0.933. The zero-order valence-electron chi connectivity index (χ0n) is 12.5. The summed E-state index contributed by atoms with van der Waals surface area (Å²) in [4.78, 5) is 0. The molecule has 3 heterocycles. The molecule has 0 radical (unpaired) electrons. The molecule has 1 N–H and O–H groups in total. The number of rotatable bonds is 2. The predicted octanol–water partition coefficient (Wildman–Crippen LogP) is 2.41. The van der Waals surface area contributed by atoms with Crippen LogP contribution in [0.4, 0.5) is 0 Å². The van der Waals surface area contributed by atoms with Crippen LogP contribution in [0.5, 0.6) is 0 Å². The molecule has 23 heavy (non-hydrogen) atoms. The Bertz CT molecular complexity index is 734. The summed E-state index contributed by atoms with van der Waals surface area (Å²) in [5, 5.41) is 18.4. The maximum atomic E-state index is 10.4. The molecule has 2 aliphatic rings. The Morgan fingerprint density at radius 3 is 2.78 bits per heavy atom. The number of aliphatic hydroxyl groups excluding tert-OH is 1. The maximum Gasteiger partial charge on any atom is 0.248 e. The molecule has 1 aromatic heterocycles. The van der Waals surface area contributed by atoms with Gasteiger partial charge in [-0.1, -0.05) is 22.0 Å². The minimum absolute atomic E-state index is 0.201. The second-order valence-electron chi connectivity index (χ2n) is 5.97. The van der Waals surface area contributed by atoms with Crippen molar-refractivity contribution in [2.45, 2.75) is 44.2 Å². The van der Waals surface area contributed by atoms with E-state index in [2.05, 4.69) is 26.1 Å². The van der Waals surface area contributed by atoms with Crippen LogP contribution in [-0.4, -0.2) is 39.6 Å². The van der Waals surface area contributed by atoms with Crippen LogP contribution in [-0.2, 0) is 14.2 Å². The molecule has 8 heteroatoms. The van der Waals surface area contributed by atoms with E-state index in [4.69, 9.17) is 18.6 Å². The number of aliphatic hydroxyl groups is 1. The molecule has 2 aliphatic heterocycles. The van der Waals surface area contributed by atoms with Crippen molar-refractivity contribution < 1.29 is 23.7 Å². The number of hydrogen-bond acceptors (Lipinski definition) is 7. The van der Waals surface area contributed by atoms with Gasteiger partial charge in [-0.25, -0.2) is 0 Å². The average Bonchev–Trinajstić information content (AvgIpc) is 3.14. The van der Waals surface area contributed by atoms with Crippen molar-refractivity contribution in [1.29, 1.82) is 0 Å². The third kappa shape index (κ3) is 2.70. The van der Waals surface area contributed by atoms with E-state index in [-0.39, 0.29) is 5.89 Å². The molecule has 0 amide bonds. The standard InChI is InChI=1S/C15H15BrN2O5/c1-15(2)22-11-9(19)10(20-14(11)23-15)13-18-17-12(21-13)7-4-3-5-8(16)6-7/h3-6,9-11,14,19H,1-2H3/t9-,10-,11+,14+/m0/s1. The lowest BCUT2D eigenvalue weighted by Crippen LogP contribution is -2.31. The Hall–Kier alpha value is -1.32. The van der Waals surface area contributed by atoms with E-state index >= 15 is 0 Å². The largest absolute Gasteiger partial charge is 0.418 e. The fraction of sp³-hybridized carbons (Fsp3) is 0.467. The summed E-state index contributed by atoms with van der Waals surface area (Å²) in [6, 6.07) is 7.50. The van der Waals surface area contributed by atoms with Crippen molar-refractivity contribution >= 4 is 15.9 Å². The SMILES string of the molecule is CC1(C)O[C@H]2O[C@H](c3nnc(-c4cccc(Br)c4)o3)[C@H](O)[C@H]2O1. The van der Waals surface area contributed by atoms with Crippen LogP contribution in [0.1, 0.15) is 25.8 Å². The Balaban J connectivity index is 1.57. The summed E-state index contributed by atoms with van der Waals surface area (Å²) in [5.41, 5.74) is 0.777. The van der Waals surface area contributed by atoms with Crippen molar-refractivity contribution in [3.8, 4) is 11.5 Å². The zero-order valence-corrected chi connectivity index (χ0v) is 14.1. The number of aromatic nitrogens is 2. The van der Waals surface area contributed by atoms with Crippen LogP contribution in [0.25, 0.3) is 11.5 Å². The van der Waals surface area contributed by atoms with Gasteiger partial charge in [0.1, 0.15) is 12.2 Å². The van der Waals surface area contributed by atoms with Gasteiger partial charge in [0.05, 0.1) is 0 Å². The molecule has 0 saturated carbocycles. The highest BCUT2D eigenvalue weighted by Crippen LogP contribution is 2.43. The van der Waals surface area contributed by atoms with E-state index in [0.29, 0.717) is 5.89 Å². The fourth-order valence-corrected chi connectivity index (χ4v) is 3.18. The van der Waals surface area contributed by atoms with E-state index in [1.165, 1.54) is 0 Å². The van der Waals surface area contributed by atoms with Crippen LogP contribution < -0.4 is 0 Å². The van der Waals surface area contributed by atoms with Gasteiger partial charge in [-0.05, 0) is 32.0 Å². The van der Waals surface area contributed by atoms with Gasteiger partial charge in [-0.3, -0.25) is 0 Å². The lowest BCUT2D eigenvalue weighted by Gasteiger charge is -2.21. The summed E-state index contributed by atoms with van der Waals surface area (Å²) in [6.45, 7) is 3.54. The van der Waals surface area contributed by atoms with Crippen LogP contribution in [0.15, 0.2) is 33.2 Å². The van der Waals surface area contributed by atoms with E-state index in [1.54, 1.807) is 13.8 Å². The first-order valence-corrected chi connectivity index (χ1v) is 8.01. The van der Waals surface area contributed by atoms with E-state index in [9.17, 15) is 5.11 Å². The first kappa shape index (κ1) is 15.2. The highest BCUT2D eigenvalue weighted by Gasteiger charge is 2.56. The van der Waals surface area contributed by atoms with Gasteiger partial charge >= 0.3 is 0 Å². The van der Waals surface area contributed by atoms with Crippen LogP contribution in [0, 0.1) is 0 Å². The normalized spacial score (nSPS) is 32.2. The average molecular weight is 383 g/mol. The van der Waals surface area contributed by atoms with Crippen molar-refractivity contribution in [2.24, 2.45) is 0 Å². The molecule has 0 aliphatic carbocycles. The summed E-state index contributed by atoms with van der Waals surface area (Å²) >= 11 is 3.40. The number of benzene rings is 1. The number of nitrogens with zero attached hydrogens (tertiary/aromatic N) is 2. The Morgan fingerprint density at radius 1 is 1.22 bits per heavy atom. The summed E-state index contributed by atoms with van der Waals surface area (Å²) in [7, 11) is 0. The molecular formula is C15H15BrN2O5. The van der Waals surface area contributed by atoms with Gasteiger partial charge in [0, 0.05) is 10.0 Å². The van der Waals surface area contributed by atoms with E-state index in [0.717, 1.165) is 10.0 Å². The monoisotopic (exact) mass is 382 g/mol. The molecule has 1 aromatic carbocycles. The smallest absolute Gasteiger partial charge is 0.248 e. The van der Waals surface area contributed by atoms with E-state index < -0.39 is 30.4 Å². The van der Waals surface area contributed by atoms with Gasteiger partial charge in [0.2, 0.25) is 11.8 Å². The highest BCUT2D eigenvalue weighted by atomic mass is 79.9. The quantitative estimate of drug-likeness (QED) is 0.852. The summed E-state index contributed by atoms with van der Waals surface area (Å²) in [5.74, 6) is -0.222. The van der Waals surface area contributed by atoms with Gasteiger partial charge in [-0.15, -0.1) is 10.2 Å². The van der Waals surface area contributed by atoms with Crippen LogP contribution >= 0.6 is 15.9 Å².